The predicted molar refractivity (Wildman–Crippen MR) is 85.3 cm³/mol. The molecule has 0 bridgehead atoms. The van der Waals surface area contributed by atoms with E-state index in [1.165, 1.54) is 0 Å². The van der Waals surface area contributed by atoms with E-state index in [0.29, 0.717) is 37.3 Å². The highest BCUT2D eigenvalue weighted by atomic mass is 32.2. The van der Waals surface area contributed by atoms with Crippen LogP contribution in [-0.2, 0) is 10.2 Å². The largest absolute Gasteiger partial charge is 0.319 e. The lowest BCUT2D eigenvalue weighted by Gasteiger charge is -2.38. The van der Waals surface area contributed by atoms with E-state index in [9.17, 15) is 8.42 Å². The number of thioether (sulfide) groups is 1. The Morgan fingerprint density at radius 2 is 2.00 bits per heavy atom. The van der Waals surface area contributed by atoms with Crippen LogP contribution in [-0.4, -0.2) is 67.8 Å². The molecule has 0 saturated carbocycles. The summed E-state index contributed by atoms with van der Waals surface area (Å²) in [5.41, 5.74) is 0. The molecule has 20 heavy (non-hydrogen) atoms. The van der Waals surface area contributed by atoms with Gasteiger partial charge in [0.1, 0.15) is 0 Å². The first-order valence-electron chi connectivity index (χ1n) is 7.59. The molecule has 118 valence electrons. The number of piperidine rings is 1. The van der Waals surface area contributed by atoms with Crippen LogP contribution in [0.15, 0.2) is 0 Å². The number of hydrogen-bond acceptors (Lipinski definition) is 4. The van der Waals surface area contributed by atoms with Gasteiger partial charge < -0.3 is 5.32 Å². The molecule has 0 spiro atoms. The summed E-state index contributed by atoms with van der Waals surface area (Å²) in [6, 6.07) is 0. The third-order valence-electron chi connectivity index (χ3n) is 4.18. The topological polar surface area (TPSA) is 52.7 Å². The Balaban J connectivity index is 2.01. The summed E-state index contributed by atoms with van der Waals surface area (Å²) in [4.78, 5) is 0. The van der Waals surface area contributed by atoms with Crippen molar-refractivity contribution in [3.63, 3.8) is 0 Å². The summed E-state index contributed by atoms with van der Waals surface area (Å²) in [6.45, 7) is 5.73. The van der Waals surface area contributed by atoms with Gasteiger partial charge in [0.2, 0.25) is 0 Å². The van der Waals surface area contributed by atoms with E-state index in [0.717, 1.165) is 31.6 Å². The van der Waals surface area contributed by atoms with Crippen LogP contribution in [0.1, 0.15) is 26.2 Å². The van der Waals surface area contributed by atoms with Crippen molar-refractivity contribution in [3.8, 4) is 0 Å². The van der Waals surface area contributed by atoms with Crippen LogP contribution in [0.4, 0.5) is 0 Å². The second-order valence-electron chi connectivity index (χ2n) is 5.69. The smallest absolute Gasteiger partial charge is 0.282 e. The lowest BCUT2D eigenvalue weighted by atomic mass is 10.00. The Bertz CT molecular complexity index is 400. The number of nitrogens with one attached hydrogen (secondary N) is 1. The average Bonchev–Trinajstić information content (AvgIpc) is 2.48. The fraction of sp³-hybridized carbons (Fsp3) is 1.00. The molecule has 0 aromatic carbocycles. The molecule has 0 aliphatic carbocycles. The lowest BCUT2D eigenvalue weighted by molar-refractivity contribution is 0.244. The lowest BCUT2D eigenvalue weighted by Crippen LogP contribution is -2.52. The summed E-state index contributed by atoms with van der Waals surface area (Å²) < 4.78 is 29.0. The quantitative estimate of drug-likeness (QED) is 0.820. The molecule has 2 aliphatic heterocycles. The third kappa shape index (κ3) is 3.88. The van der Waals surface area contributed by atoms with Crippen LogP contribution in [0.2, 0.25) is 0 Å². The van der Waals surface area contributed by atoms with E-state index in [4.69, 9.17) is 0 Å². The first kappa shape index (κ1) is 16.5. The van der Waals surface area contributed by atoms with Crippen molar-refractivity contribution in [3.05, 3.63) is 0 Å². The number of rotatable bonds is 5. The first-order chi connectivity index (χ1) is 9.57. The molecule has 2 atom stereocenters. The van der Waals surface area contributed by atoms with E-state index < -0.39 is 10.2 Å². The zero-order valence-corrected chi connectivity index (χ0v) is 14.2. The molecule has 7 heteroatoms. The second kappa shape index (κ2) is 7.45. The van der Waals surface area contributed by atoms with Crippen LogP contribution in [0.3, 0.4) is 0 Å². The van der Waals surface area contributed by atoms with Gasteiger partial charge in [0.15, 0.2) is 0 Å². The van der Waals surface area contributed by atoms with Gasteiger partial charge in [0.05, 0.1) is 0 Å². The standard InChI is InChI=1S/C13H27N3O2S2/c1-3-13-11-16(7-8-19-13)20(17,18)15-6-4-5-12(10-15)9-14-2/h12-14H,3-11H2,1-2H3. The van der Waals surface area contributed by atoms with Gasteiger partial charge in [-0.05, 0) is 38.8 Å². The van der Waals surface area contributed by atoms with Crippen molar-refractivity contribution < 1.29 is 8.42 Å². The third-order valence-corrected chi connectivity index (χ3v) is 7.52. The van der Waals surface area contributed by atoms with Crippen LogP contribution in [0.25, 0.3) is 0 Å². The molecule has 2 rings (SSSR count). The SMILES string of the molecule is CCC1CN(S(=O)(=O)N2CCCC(CNC)C2)CCS1. The maximum absolute atomic E-state index is 12.8. The van der Waals surface area contributed by atoms with E-state index in [2.05, 4.69) is 12.2 Å². The first-order valence-corrected chi connectivity index (χ1v) is 10.0. The van der Waals surface area contributed by atoms with Gasteiger partial charge in [-0.15, -0.1) is 0 Å². The summed E-state index contributed by atoms with van der Waals surface area (Å²) in [5, 5.41) is 3.62. The van der Waals surface area contributed by atoms with Gasteiger partial charge in [0, 0.05) is 37.2 Å². The molecule has 0 amide bonds. The van der Waals surface area contributed by atoms with Crippen molar-refractivity contribution in [2.75, 3.05) is 45.5 Å². The van der Waals surface area contributed by atoms with E-state index in [1.807, 2.05) is 18.8 Å². The molecule has 0 aromatic heterocycles. The zero-order chi connectivity index (χ0) is 14.6. The van der Waals surface area contributed by atoms with Crippen molar-refractivity contribution >= 4 is 22.0 Å². The molecule has 2 aliphatic rings. The van der Waals surface area contributed by atoms with Crippen molar-refractivity contribution in [1.82, 2.24) is 13.9 Å². The highest BCUT2D eigenvalue weighted by molar-refractivity contribution is 8.00. The van der Waals surface area contributed by atoms with Gasteiger partial charge in [-0.1, -0.05) is 6.92 Å². The fourth-order valence-corrected chi connectivity index (χ4v) is 6.17. The highest BCUT2D eigenvalue weighted by Gasteiger charge is 2.35. The molecule has 2 heterocycles. The summed E-state index contributed by atoms with van der Waals surface area (Å²) in [6.07, 6.45) is 3.14. The van der Waals surface area contributed by atoms with Crippen molar-refractivity contribution in [1.29, 1.82) is 0 Å². The monoisotopic (exact) mass is 321 g/mol. The summed E-state index contributed by atoms with van der Waals surface area (Å²) in [5.74, 6) is 1.37. The second-order valence-corrected chi connectivity index (χ2v) is 9.03. The predicted octanol–water partition coefficient (Wildman–Crippen LogP) is 0.990. The van der Waals surface area contributed by atoms with Gasteiger partial charge in [0.25, 0.3) is 10.2 Å². The molecule has 0 radical (unpaired) electrons. The average molecular weight is 322 g/mol. The van der Waals surface area contributed by atoms with Gasteiger partial charge in [-0.2, -0.15) is 28.8 Å². The van der Waals surface area contributed by atoms with Gasteiger partial charge >= 0.3 is 0 Å². The van der Waals surface area contributed by atoms with Crippen LogP contribution in [0, 0.1) is 5.92 Å². The zero-order valence-electron chi connectivity index (χ0n) is 12.5. The molecule has 2 fully saturated rings. The van der Waals surface area contributed by atoms with Crippen molar-refractivity contribution in [2.45, 2.75) is 31.4 Å². The van der Waals surface area contributed by atoms with Gasteiger partial charge in [-0.25, -0.2) is 0 Å². The Morgan fingerprint density at radius 1 is 1.25 bits per heavy atom. The minimum Gasteiger partial charge on any atom is -0.319 e. The van der Waals surface area contributed by atoms with E-state index in [1.54, 1.807) is 8.61 Å². The maximum atomic E-state index is 12.8. The maximum Gasteiger partial charge on any atom is 0.282 e. The Kier molecular flexibility index (Phi) is 6.16. The van der Waals surface area contributed by atoms with Crippen molar-refractivity contribution in [2.24, 2.45) is 5.92 Å². The summed E-state index contributed by atoms with van der Waals surface area (Å²) in [7, 11) is -1.32. The minimum atomic E-state index is -3.25. The highest BCUT2D eigenvalue weighted by Crippen LogP contribution is 2.26. The summed E-state index contributed by atoms with van der Waals surface area (Å²) >= 11 is 1.90. The van der Waals surface area contributed by atoms with Crippen LogP contribution in [0.5, 0.6) is 0 Å². The normalized spacial score (nSPS) is 30.5. The molecule has 1 N–H and O–H groups in total. The minimum absolute atomic E-state index is 0.449. The molecule has 2 unspecified atom stereocenters. The molecule has 0 aromatic rings. The van der Waals surface area contributed by atoms with E-state index in [-0.39, 0.29) is 0 Å². The molecular weight excluding hydrogens is 294 g/mol. The van der Waals surface area contributed by atoms with Crippen LogP contribution >= 0.6 is 11.8 Å². The Labute approximate surface area is 127 Å². The number of nitrogens with zero attached hydrogens (tertiary/aromatic N) is 2. The molecule has 2 saturated heterocycles. The fourth-order valence-electron chi connectivity index (χ4n) is 3.00. The van der Waals surface area contributed by atoms with Crippen LogP contribution < -0.4 is 5.32 Å². The van der Waals surface area contributed by atoms with E-state index >= 15 is 0 Å². The van der Waals surface area contributed by atoms with Gasteiger partial charge in [-0.3, -0.25) is 0 Å². The Morgan fingerprint density at radius 3 is 2.70 bits per heavy atom. The Hall–Kier alpha value is 0.180. The number of hydrogen-bond donors (Lipinski definition) is 1. The molecule has 5 nitrogen and oxygen atoms in total. The molecular formula is C13H27N3O2S2.